The Bertz CT molecular complexity index is 813. The van der Waals surface area contributed by atoms with Crippen LogP contribution in [0.2, 0.25) is 0 Å². The highest BCUT2D eigenvalue weighted by Crippen LogP contribution is 2.40. The van der Waals surface area contributed by atoms with E-state index in [9.17, 15) is 8.78 Å². The molecule has 0 nitrogen and oxygen atoms in total. The molecule has 2 heteroatoms. The van der Waals surface area contributed by atoms with Crippen molar-refractivity contribution in [3.63, 3.8) is 0 Å². The van der Waals surface area contributed by atoms with Gasteiger partial charge in [-0.1, -0.05) is 134 Å². The monoisotopic (exact) mass is 498 g/mol. The fourth-order valence-electron chi connectivity index (χ4n) is 6.41. The smallest absolute Gasteiger partial charge is 0.166 e. The van der Waals surface area contributed by atoms with Crippen molar-refractivity contribution >= 4 is 5.57 Å². The molecule has 0 aromatic heterocycles. The summed E-state index contributed by atoms with van der Waals surface area (Å²) >= 11 is 0. The van der Waals surface area contributed by atoms with Gasteiger partial charge in [-0.3, -0.25) is 0 Å². The Morgan fingerprint density at radius 3 is 2.00 bits per heavy atom. The third kappa shape index (κ3) is 9.14. The van der Waals surface area contributed by atoms with Crippen LogP contribution in [0, 0.1) is 29.4 Å². The lowest BCUT2D eigenvalue weighted by Gasteiger charge is -2.33. The Morgan fingerprint density at radius 2 is 1.36 bits per heavy atom. The molecule has 1 fully saturated rings. The second-order valence-corrected chi connectivity index (χ2v) is 11.7. The van der Waals surface area contributed by atoms with Gasteiger partial charge in [0.1, 0.15) is 0 Å². The molecule has 0 N–H and O–H groups in total. The van der Waals surface area contributed by atoms with Gasteiger partial charge in [0.25, 0.3) is 0 Å². The lowest BCUT2D eigenvalue weighted by Crippen LogP contribution is -2.21. The molecule has 1 aromatic carbocycles. The maximum atomic E-state index is 15.0. The van der Waals surface area contributed by atoms with Gasteiger partial charge in [-0.2, -0.15) is 0 Å². The van der Waals surface area contributed by atoms with Gasteiger partial charge >= 0.3 is 0 Å². The first-order valence-corrected chi connectivity index (χ1v) is 15.5. The quantitative estimate of drug-likeness (QED) is 0.199. The van der Waals surface area contributed by atoms with Crippen molar-refractivity contribution in [3.05, 3.63) is 53.1 Å². The minimum atomic E-state index is -0.664. The lowest BCUT2D eigenvalue weighted by molar-refractivity contribution is 0.218. The van der Waals surface area contributed by atoms with Crippen LogP contribution in [-0.4, -0.2) is 0 Å². The minimum Gasteiger partial charge on any atom is -0.203 e. The summed E-state index contributed by atoms with van der Waals surface area (Å²) in [6, 6.07) is 3.61. The molecule has 0 aliphatic heterocycles. The molecule has 0 spiro atoms. The Hall–Kier alpha value is -1.44. The number of benzene rings is 1. The average molecular weight is 499 g/mol. The van der Waals surface area contributed by atoms with Crippen LogP contribution in [0.25, 0.3) is 5.57 Å². The summed E-state index contributed by atoms with van der Waals surface area (Å²) in [5.41, 5.74) is 1.81. The predicted molar refractivity (Wildman–Crippen MR) is 152 cm³/mol. The van der Waals surface area contributed by atoms with Crippen LogP contribution in [0.1, 0.15) is 141 Å². The van der Waals surface area contributed by atoms with Crippen molar-refractivity contribution in [2.75, 3.05) is 0 Å². The largest absolute Gasteiger partial charge is 0.203 e. The Morgan fingerprint density at radius 1 is 0.722 bits per heavy atom. The molecular weight excluding hydrogens is 446 g/mol. The fraction of sp³-hybridized carbons (Fsp3) is 0.706. The van der Waals surface area contributed by atoms with Crippen LogP contribution in [0.3, 0.4) is 0 Å². The van der Waals surface area contributed by atoms with Crippen molar-refractivity contribution in [3.8, 4) is 0 Å². The molecule has 1 unspecified atom stereocenters. The molecule has 0 amide bonds. The van der Waals surface area contributed by atoms with Crippen LogP contribution >= 0.6 is 0 Å². The van der Waals surface area contributed by atoms with E-state index < -0.39 is 11.6 Å². The second-order valence-electron chi connectivity index (χ2n) is 11.7. The van der Waals surface area contributed by atoms with Gasteiger partial charge in [0.05, 0.1) is 0 Å². The van der Waals surface area contributed by atoms with Gasteiger partial charge in [0.15, 0.2) is 11.6 Å². The zero-order valence-electron chi connectivity index (χ0n) is 23.3. The number of aryl methyl sites for hydroxylation is 1. The molecule has 202 valence electrons. The van der Waals surface area contributed by atoms with E-state index in [1.807, 2.05) is 6.07 Å². The van der Waals surface area contributed by atoms with Crippen LogP contribution in [0.4, 0.5) is 8.78 Å². The summed E-state index contributed by atoms with van der Waals surface area (Å²) in [6.45, 7) is 4.49. The van der Waals surface area contributed by atoms with E-state index >= 15 is 0 Å². The van der Waals surface area contributed by atoms with E-state index in [0.717, 1.165) is 36.7 Å². The Labute approximate surface area is 221 Å². The topological polar surface area (TPSA) is 0 Å². The van der Waals surface area contributed by atoms with Gasteiger partial charge in [0, 0.05) is 5.56 Å². The zero-order valence-corrected chi connectivity index (χ0v) is 23.3. The summed E-state index contributed by atoms with van der Waals surface area (Å²) in [5.74, 6) is 0.937. The lowest BCUT2D eigenvalue weighted by atomic mass is 9.72. The van der Waals surface area contributed by atoms with Crippen molar-refractivity contribution in [1.29, 1.82) is 0 Å². The van der Waals surface area contributed by atoms with E-state index in [1.54, 1.807) is 6.07 Å². The number of halogens is 2. The molecule has 3 rings (SSSR count). The molecule has 2 aliphatic carbocycles. The Balaban J connectivity index is 1.41. The van der Waals surface area contributed by atoms with Crippen molar-refractivity contribution in [2.45, 2.75) is 136 Å². The maximum Gasteiger partial charge on any atom is 0.166 e. The summed E-state index contributed by atoms with van der Waals surface area (Å²) in [4.78, 5) is 0. The highest BCUT2D eigenvalue weighted by molar-refractivity contribution is 5.75. The summed E-state index contributed by atoms with van der Waals surface area (Å²) in [5, 5.41) is 0. The van der Waals surface area contributed by atoms with E-state index in [4.69, 9.17) is 0 Å². The first-order valence-electron chi connectivity index (χ1n) is 15.5. The van der Waals surface area contributed by atoms with Crippen LogP contribution in [0.5, 0.6) is 0 Å². The number of unbranched alkanes of at least 4 members (excludes halogenated alkanes) is 10. The summed E-state index contributed by atoms with van der Waals surface area (Å²) < 4.78 is 29.7. The zero-order chi connectivity index (χ0) is 25.6. The standard InChI is InChI=1S/C34H52F2/c1-3-5-7-9-11-13-15-27-17-19-28(20-18-27)29-21-23-30(24-22-29)32-26-25-31(33(35)34(32)36)16-14-12-10-8-6-4-2/h21,23-29H,3-20,22H2,1-2H3. The normalized spacial score (nSPS) is 22.1. The third-order valence-corrected chi connectivity index (χ3v) is 8.87. The van der Waals surface area contributed by atoms with E-state index in [1.165, 1.54) is 96.3 Å². The van der Waals surface area contributed by atoms with Crippen LogP contribution in [0.15, 0.2) is 30.4 Å². The molecule has 1 atom stereocenters. The van der Waals surface area contributed by atoms with Crippen molar-refractivity contribution in [1.82, 2.24) is 0 Å². The van der Waals surface area contributed by atoms with Gasteiger partial charge in [-0.25, -0.2) is 8.78 Å². The third-order valence-electron chi connectivity index (χ3n) is 8.87. The molecule has 36 heavy (non-hydrogen) atoms. The van der Waals surface area contributed by atoms with Crippen LogP contribution in [-0.2, 0) is 6.42 Å². The van der Waals surface area contributed by atoms with Crippen molar-refractivity contribution in [2.24, 2.45) is 17.8 Å². The van der Waals surface area contributed by atoms with Gasteiger partial charge < -0.3 is 0 Å². The molecule has 0 bridgehead atoms. The highest BCUT2D eigenvalue weighted by atomic mass is 19.2. The van der Waals surface area contributed by atoms with E-state index in [0.29, 0.717) is 23.5 Å². The summed E-state index contributed by atoms with van der Waals surface area (Å²) in [7, 11) is 0. The first-order chi connectivity index (χ1) is 17.6. The molecule has 0 heterocycles. The highest BCUT2D eigenvalue weighted by Gasteiger charge is 2.27. The number of hydrogen-bond donors (Lipinski definition) is 0. The Kier molecular flexibility index (Phi) is 13.3. The first kappa shape index (κ1) is 29.1. The summed E-state index contributed by atoms with van der Waals surface area (Å²) in [6.07, 6.45) is 30.2. The second kappa shape index (κ2) is 16.4. The molecule has 0 saturated heterocycles. The number of hydrogen-bond acceptors (Lipinski definition) is 0. The molecule has 0 radical (unpaired) electrons. The number of allylic oxidation sites excluding steroid dienone is 4. The molecule has 1 saturated carbocycles. The molecule has 2 aliphatic rings. The number of rotatable bonds is 16. The minimum absolute atomic E-state index is 0.427. The van der Waals surface area contributed by atoms with Gasteiger partial charge in [-0.05, 0) is 61.0 Å². The predicted octanol–water partition coefficient (Wildman–Crippen LogP) is 11.4. The fourth-order valence-corrected chi connectivity index (χ4v) is 6.41. The molecular formula is C34H52F2. The van der Waals surface area contributed by atoms with Crippen LogP contribution < -0.4 is 0 Å². The van der Waals surface area contributed by atoms with Crippen molar-refractivity contribution < 1.29 is 8.78 Å². The maximum absolute atomic E-state index is 15.0. The van der Waals surface area contributed by atoms with E-state index in [-0.39, 0.29) is 0 Å². The average Bonchev–Trinajstić information content (AvgIpc) is 2.91. The van der Waals surface area contributed by atoms with Gasteiger partial charge in [-0.15, -0.1) is 0 Å². The molecule has 1 aromatic rings. The van der Waals surface area contributed by atoms with Gasteiger partial charge in [0.2, 0.25) is 0 Å². The van der Waals surface area contributed by atoms with E-state index in [2.05, 4.69) is 32.1 Å². The SMILES string of the molecule is CCCCCCCCc1ccc(C2=CCC(C3CCC(CCCCCCCC)CC3)C=C2)c(F)c1F.